The molecule has 96 valence electrons. The van der Waals surface area contributed by atoms with Gasteiger partial charge in [-0.2, -0.15) is 4.98 Å². The Labute approximate surface area is 103 Å². The van der Waals surface area contributed by atoms with E-state index in [9.17, 15) is 4.79 Å². The monoisotopic (exact) mass is 251 g/mol. The highest BCUT2D eigenvalue weighted by atomic mass is 16.4. The maximum absolute atomic E-state index is 11.5. The van der Waals surface area contributed by atoms with Crippen molar-refractivity contribution < 1.29 is 10.0 Å². The average Bonchev–Trinajstić information content (AvgIpc) is 2.67. The molecule has 0 aliphatic carbocycles. The molecule has 0 saturated heterocycles. The topological polar surface area (TPSA) is 130 Å². The fraction of sp³-hybridized carbons (Fsp3) is 0.444. The molecular formula is C9H14BN5O3. The molecule has 0 aromatic carbocycles. The first-order valence-electron chi connectivity index (χ1n) is 5.64. The highest BCUT2D eigenvalue weighted by Crippen LogP contribution is 2.08. The summed E-state index contributed by atoms with van der Waals surface area (Å²) in [6, 6.07) is 0. The van der Waals surface area contributed by atoms with Crippen LogP contribution in [0, 0.1) is 0 Å². The van der Waals surface area contributed by atoms with Crippen molar-refractivity contribution in [3.05, 3.63) is 16.7 Å². The van der Waals surface area contributed by atoms with Gasteiger partial charge in [-0.25, -0.2) is 4.98 Å². The third-order valence-corrected chi connectivity index (χ3v) is 2.60. The molecule has 18 heavy (non-hydrogen) atoms. The molecule has 5 N–H and O–H groups in total. The first kappa shape index (κ1) is 12.6. The predicted molar refractivity (Wildman–Crippen MR) is 66.8 cm³/mol. The zero-order chi connectivity index (χ0) is 13.1. The van der Waals surface area contributed by atoms with Crippen LogP contribution in [0.5, 0.6) is 0 Å². The Bertz CT molecular complexity index is 593. The molecule has 2 aromatic rings. The number of hydrogen-bond donors (Lipinski definition) is 4. The molecule has 0 radical (unpaired) electrons. The SMILES string of the molecule is Nc1nc2c(ncn2CCCCB(O)O)c(=O)[nH]1. The van der Waals surface area contributed by atoms with E-state index < -0.39 is 7.12 Å². The molecule has 0 bridgehead atoms. The van der Waals surface area contributed by atoms with Crippen molar-refractivity contribution in [1.29, 1.82) is 0 Å². The third-order valence-electron chi connectivity index (χ3n) is 2.60. The molecule has 2 heterocycles. The molecule has 0 atom stereocenters. The Kier molecular flexibility index (Phi) is 3.63. The van der Waals surface area contributed by atoms with Crippen molar-refractivity contribution in [1.82, 2.24) is 19.5 Å². The fourth-order valence-electron chi connectivity index (χ4n) is 1.74. The number of aryl methyl sites for hydroxylation is 1. The van der Waals surface area contributed by atoms with Crippen molar-refractivity contribution in [3.63, 3.8) is 0 Å². The Balaban J connectivity index is 2.12. The lowest BCUT2D eigenvalue weighted by molar-refractivity contribution is 0.401. The van der Waals surface area contributed by atoms with E-state index in [0.717, 1.165) is 6.42 Å². The van der Waals surface area contributed by atoms with Crippen LogP contribution in [0.3, 0.4) is 0 Å². The van der Waals surface area contributed by atoms with Gasteiger partial charge in [0, 0.05) is 6.54 Å². The van der Waals surface area contributed by atoms with Gasteiger partial charge in [-0.1, -0.05) is 6.42 Å². The van der Waals surface area contributed by atoms with Crippen molar-refractivity contribution in [3.8, 4) is 0 Å². The fourth-order valence-corrected chi connectivity index (χ4v) is 1.74. The summed E-state index contributed by atoms with van der Waals surface area (Å²) < 4.78 is 1.73. The first-order chi connectivity index (χ1) is 8.58. The number of nitrogens with two attached hydrogens (primary N) is 1. The van der Waals surface area contributed by atoms with Gasteiger partial charge in [-0.15, -0.1) is 0 Å². The molecule has 0 amide bonds. The second-order valence-corrected chi connectivity index (χ2v) is 4.04. The summed E-state index contributed by atoms with van der Waals surface area (Å²) in [6.07, 6.45) is 3.25. The van der Waals surface area contributed by atoms with Gasteiger partial charge in [0.15, 0.2) is 11.2 Å². The van der Waals surface area contributed by atoms with Crippen molar-refractivity contribution in [2.24, 2.45) is 0 Å². The van der Waals surface area contributed by atoms with Crippen molar-refractivity contribution >= 4 is 24.2 Å². The molecule has 8 nitrogen and oxygen atoms in total. The van der Waals surface area contributed by atoms with Crippen LogP contribution < -0.4 is 11.3 Å². The quantitative estimate of drug-likeness (QED) is 0.396. The van der Waals surface area contributed by atoms with Crippen LogP contribution in [0.2, 0.25) is 6.32 Å². The standard InChI is InChI=1S/C9H14BN5O3/c11-9-13-7-6(8(16)14-9)12-5-15(7)4-2-1-3-10(17)18/h5,17-18H,1-4H2,(H3,11,13,14,16). The van der Waals surface area contributed by atoms with E-state index >= 15 is 0 Å². The molecule has 2 rings (SSSR count). The Hall–Kier alpha value is -1.87. The van der Waals surface area contributed by atoms with Crippen LogP contribution in [0.1, 0.15) is 12.8 Å². The first-order valence-corrected chi connectivity index (χ1v) is 5.64. The summed E-state index contributed by atoms with van der Waals surface area (Å²) in [7, 11) is -1.28. The van der Waals surface area contributed by atoms with Gasteiger partial charge < -0.3 is 20.3 Å². The summed E-state index contributed by atoms with van der Waals surface area (Å²) in [5.74, 6) is 0.0556. The lowest BCUT2D eigenvalue weighted by Gasteiger charge is -2.03. The number of anilines is 1. The van der Waals surface area contributed by atoms with E-state index in [2.05, 4.69) is 15.0 Å². The van der Waals surface area contributed by atoms with Gasteiger partial charge in [0.2, 0.25) is 5.95 Å². The van der Waals surface area contributed by atoms with E-state index in [1.807, 2.05) is 0 Å². The van der Waals surface area contributed by atoms with Crippen LogP contribution >= 0.6 is 0 Å². The summed E-state index contributed by atoms with van der Waals surface area (Å²) in [4.78, 5) is 21.9. The van der Waals surface area contributed by atoms with E-state index in [-0.39, 0.29) is 17.0 Å². The normalized spacial score (nSPS) is 11.0. The minimum absolute atomic E-state index is 0.0556. The number of rotatable bonds is 5. The second kappa shape index (κ2) is 5.19. The van der Waals surface area contributed by atoms with Crippen LogP contribution in [-0.4, -0.2) is 36.7 Å². The number of H-pyrrole nitrogens is 1. The number of nitrogen functional groups attached to an aromatic ring is 1. The van der Waals surface area contributed by atoms with E-state index in [4.69, 9.17) is 15.8 Å². The molecule has 0 aliphatic rings. The minimum Gasteiger partial charge on any atom is -0.427 e. The third kappa shape index (κ3) is 2.69. The van der Waals surface area contributed by atoms with Gasteiger partial charge >= 0.3 is 7.12 Å². The Morgan fingerprint density at radius 3 is 2.94 bits per heavy atom. The van der Waals surface area contributed by atoms with E-state index in [1.54, 1.807) is 4.57 Å². The number of imidazole rings is 1. The number of fused-ring (bicyclic) bond motifs is 1. The van der Waals surface area contributed by atoms with Gasteiger partial charge in [0.05, 0.1) is 6.33 Å². The van der Waals surface area contributed by atoms with E-state index in [1.165, 1.54) is 6.33 Å². The number of aromatic amines is 1. The van der Waals surface area contributed by atoms with Crippen molar-refractivity contribution in [2.75, 3.05) is 5.73 Å². The van der Waals surface area contributed by atoms with Crippen LogP contribution in [0.25, 0.3) is 11.2 Å². The Morgan fingerprint density at radius 2 is 2.22 bits per heavy atom. The average molecular weight is 251 g/mol. The van der Waals surface area contributed by atoms with Crippen LogP contribution in [0.15, 0.2) is 11.1 Å². The van der Waals surface area contributed by atoms with Crippen LogP contribution in [0.4, 0.5) is 5.95 Å². The number of unbranched alkanes of at least 4 members (excludes halogenated alkanes) is 1. The molecular weight excluding hydrogens is 237 g/mol. The number of nitrogens with one attached hydrogen (secondary N) is 1. The molecule has 0 spiro atoms. The van der Waals surface area contributed by atoms with Gasteiger partial charge in [-0.05, 0) is 12.7 Å². The van der Waals surface area contributed by atoms with Gasteiger partial charge in [0.25, 0.3) is 5.56 Å². The largest absolute Gasteiger partial charge is 0.451 e. The highest BCUT2D eigenvalue weighted by molar-refractivity contribution is 6.40. The van der Waals surface area contributed by atoms with Gasteiger partial charge in [0.1, 0.15) is 0 Å². The summed E-state index contributed by atoms with van der Waals surface area (Å²) in [5.41, 5.74) is 5.82. The zero-order valence-corrected chi connectivity index (χ0v) is 9.70. The van der Waals surface area contributed by atoms with Gasteiger partial charge in [-0.3, -0.25) is 9.78 Å². The molecule has 9 heteroatoms. The van der Waals surface area contributed by atoms with Crippen molar-refractivity contribution in [2.45, 2.75) is 25.7 Å². The predicted octanol–water partition coefficient (Wildman–Crippen LogP) is -1.05. The van der Waals surface area contributed by atoms with E-state index in [0.29, 0.717) is 24.9 Å². The summed E-state index contributed by atoms with van der Waals surface area (Å²) in [5, 5.41) is 17.4. The molecule has 0 saturated carbocycles. The molecule has 0 unspecified atom stereocenters. The summed E-state index contributed by atoms with van der Waals surface area (Å²) >= 11 is 0. The maximum atomic E-state index is 11.5. The second-order valence-electron chi connectivity index (χ2n) is 4.04. The number of nitrogens with zero attached hydrogens (tertiary/aromatic N) is 3. The Morgan fingerprint density at radius 1 is 1.44 bits per heavy atom. The van der Waals surface area contributed by atoms with Crippen LogP contribution in [-0.2, 0) is 6.54 Å². The highest BCUT2D eigenvalue weighted by Gasteiger charge is 2.09. The maximum Gasteiger partial charge on any atom is 0.451 e. The lowest BCUT2D eigenvalue weighted by Crippen LogP contribution is -2.12. The molecule has 0 fully saturated rings. The smallest absolute Gasteiger partial charge is 0.427 e. The molecule has 2 aromatic heterocycles. The molecule has 0 aliphatic heterocycles. The zero-order valence-electron chi connectivity index (χ0n) is 9.70. The lowest BCUT2D eigenvalue weighted by atomic mass is 9.84. The number of hydrogen-bond acceptors (Lipinski definition) is 6. The minimum atomic E-state index is -1.28. The number of aromatic nitrogens is 4. The summed E-state index contributed by atoms with van der Waals surface area (Å²) in [6.45, 7) is 0.596.